The van der Waals surface area contributed by atoms with Gasteiger partial charge in [-0.3, -0.25) is 4.79 Å². The van der Waals surface area contributed by atoms with E-state index in [-0.39, 0.29) is 18.1 Å². The summed E-state index contributed by atoms with van der Waals surface area (Å²) in [4.78, 5) is 14.6. The van der Waals surface area contributed by atoms with Crippen LogP contribution in [0.5, 0.6) is 0 Å². The first kappa shape index (κ1) is 13.6. The van der Waals surface area contributed by atoms with E-state index >= 15 is 0 Å². The fourth-order valence-electron chi connectivity index (χ4n) is 3.32. The lowest BCUT2D eigenvalue weighted by Gasteiger charge is -2.37. The third-order valence-corrected chi connectivity index (χ3v) is 4.42. The molecule has 1 aromatic carbocycles. The number of aryl methyl sites for hydroxylation is 1. The predicted molar refractivity (Wildman–Crippen MR) is 75.6 cm³/mol. The van der Waals surface area contributed by atoms with Crippen molar-refractivity contribution in [2.75, 3.05) is 26.9 Å². The number of ether oxygens (including phenoxy) is 2. The quantitative estimate of drug-likeness (QED) is 0.847. The van der Waals surface area contributed by atoms with Crippen LogP contribution in [0.1, 0.15) is 27.9 Å². The lowest BCUT2D eigenvalue weighted by Crippen LogP contribution is -2.49. The fraction of sp³-hybridized carbons (Fsp3) is 0.562. The van der Waals surface area contributed by atoms with Crippen LogP contribution in [0, 0.1) is 12.8 Å². The highest BCUT2D eigenvalue weighted by Crippen LogP contribution is 2.28. The molecule has 0 aliphatic carbocycles. The molecule has 3 rings (SSSR count). The summed E-state index contributed by atoms with van der Waals surface area (Å²) in [6.45, 7) is 4.25. The highest BCUT2D eigenvalue weighted by atomic mass is 16.5. The van der Waals surface area contributed by atoms with Gasteiger partial charge in [-0.25, -0.2) is 0 Å². The Morgan fingerprint density at radius 1 is 1.45 bits per heavy atom. The molecule has 1 fully saturated rings. The third kappa shape index (κ3) is 2.23. The summed E-state index contributed by atoms with van der Waals surface area (Å²) in [7, 11) is 1.68. The molecule has 1 amide bonds. The number of amides is 1. The molecule has 108 valence electrons. The van der Waals surface area contributed by atoms with E-state index in [1.54, 1.807) is 7.11 Å². The number of carbonyl (C=O) groups is 1. The van der Waals surface area contributed by atoms with Gasteiger partial charge in [0.2, 0.25) is 0 Å². The molecule has 0 bridgehead atoms. The van der Waals surface area contributed by atoms with Gasteiger partial charge in [0, 0.05) is 31.7 Å². The Bertz CT molecular complexity index is 508. The van der Waals surface area contributed by atoms with Crippen LogP contribution in [0.3, 0.4) is 0 Å². The Kier molecular flexibility index (Phi) is 3.76. The summed E-state index contributed by atoms with van der Waals surface area (Å²) in [5.74, 6) is 0.379. The molecule has 0 aromatic heterocycles. The number of hydrogen-bond acceptors (Lipinski definition) is 3. The molecular formula is C16H21NO3. The minimum absolute atomic E-state index is 0.0914. The molecule has 2 heterocycles. The van der Waals surface area contributed by atoms with Crippen molar-refractivity contribution in [3.8, 4) is 0 Å². The van der Waals surface area contributed by atoms with Crippen LogP contribution in [-0.4, -0.2) is 43.9 Å². The zero-order valence-corrected chi connectivity index (χ0v) is 12.1. The summed E-state index contributed by atoms with van der Waals surface area (Å²) in [6, 6.07) is 5.95. The van der Waals surface area contributed by atoms with E-state index in [2.05, 4.69) is 13.0 Å². The Balaban J connectivity index is 1.87. The molecule has 20 heavy (non-hydrogen) atoms. The van der Waals surface area contributed by atoms with Crippen LogP contribution in [0.15, 0.2) is 18.2 Å². The van der Waals surface area contributed by atoms with Crippen molar-refractivity contribution in [2.45, 2.75) is 26.0 Å². The van der Waals surface area contributed by atoms with Gasteiger partial charge in [-0.1, -0.05) is 12.1 Å². The number of benzene rings is 1. The normalized spacial score (nSPS) is 23.8. The van der Waals surface area contributed by atoms with Gasteiger partial charge in [0.05, 0.1) is 6.61 Å². The maximum Gasteiger partial charge on any atom is 0.256 e. The van der Waals surface area contributed by atoms with Crippen LogP contribution in [-0.2, 0) is 15.9 Å². The van der Waals surface area contributed by atoms with Gasteiger partial charge in [-0.05, 0) is 37.0 Å². The number of methoxy groups -OCH3 is 1. The van der Waals surface area contributed by atoms with Gasteiger partial charge in [-0.2, -0.15) is 0 Å². The molecular weight excluding hydrogens is 254 g/mol. The van der Waals surface area contributed by atoms with E-state index in [4.69, 9.17) is 9.47 Å². The van der Waals surface area contributed by atoms with E-state index in [1.807, 2.05) is 17.0 Å². The molecule has 0 N–H and O–H groups in total. The summed E-state index contributed by atoms with van der Waals surface area (Å²) < 4.78 is 11.1. The lowest BCUT2D eigenvalue weighted by molar-refractivity contribution is -0.0573. The summed E-state index contributed by atoms with van der Waals surface area (Å²) in [5.41, 5.74) is 3.22. The average Bonchev–Trinajstić information content (AvgIpc) is 2.97. The number of rotatable bonds is 3. The SMILES string of the molecule is COC(C1CCOC1)N1CCc2c(C)cccc2C1=O. The molecule has 0 saturated carbocycles. The van der Waals surface area contributed by atoms with E-state index in [1.165, 1.54) is 11.1 Å². The molecule has 2 atom stereocenters. The first-order chi connectivity index (χ1) is 9.72. The molecule has 2 unspecified atom stereocenters. The Morgan fingerprint density at radius 3 is 3.00 bits per heavy atom. The monoisotopic (exact) mass is 275 g/mol. The molecule has 2 aliphatic rings. The van der Waals surface area contributed by atoms with E-state index in [0.717, 1.165) is 31.6 Å². The fourth-order valence-corrected chi connectivity index (χ4v) is 3.32. The zero-order chi connectivity index (χ0) is 14.1. The van der Waals surface area contributed by atoms with E-state index in [0.29, 0.717) is 6.61 Å². The molecule has 0 spiro atoms. The van der Waals surface area contributed by atoms with Crippen molar-refractivity contribution in [1.29, 1.82) is 0 Å². The molecule has 4 heteroatoms. The summed E-state index contributed by atoms with van der Waals surface area (Å²) >= 11 is 0. The Labute approximate surface area is 119 Å². The maximum atomic E-state index is 12.7. The van der Waals surface area contributed by atoms with Crippen molar-refractivity contribution in [1.82, 2.24) is 4.90 Å². The topological polar surface area (TPSA) is 38.8 Å². The smallest absolute Gasteiger partial charge is 0.256 e. The van der Waals surface area contributed by atoms with Crippen LogP contribution < -0.4 is 0 Å². The molecule has 4 nitrogen and oxygen atoms in total. The van der Waals surface area contributed by atoms with Crippen molar-refractivity contribution in [3.63, 3.8) is 0 Å². The summed E-state index contributed by atoms with van der Waals surface area (Å²) in [5, 5.41) is 0. The van der Waals surface area contributed by atoms with Crippen LogP contribution >= 0.6 is 0 Å². The largest absolute Gasteiger partial charge is 0.381 e. The standard InChI is InChI=1S/C16H21NO3/c1-11-4-3-5-14-13(11)6-8-17(15(14)18)16(19-2)12-7-9-20-10-12/h3-5,12,16H,6-10H2,1-2H3. The molecule has 2 aliphatic heterocycles. The molecule has 1 saturated heterocycles. The first-order valence-electron chi connectivity index (χ1n) is 7.22. The van der Waals surface area contributed by atoms with Gasteiger partial charge in [0.15, 0.2) is 0 Å². The lowest BCUT2D eigenvalue weighted by atomic mass is 9.93. The first-order valence-corrected chi connectivity index (χ1v) is 7.22. The third-order valence-electron chi connectivity index (χ3n) is 4.42. The Hall–Kier alpha value is -1.39. The highest BCUT2D eigenvalue weighted by Gasteiger charge is 2.36. The second kappa shape index (κ2) is 5.54. The van der Waals surface area contributed by atoms with Crippen LogP contribution in [0.25, 0.3) is 0 Å². The second-order valence-electron chi connectivity index (χ2n) is 5.60. The summed E-state index contributed by atoms with van der Waals surface area (Å²) in [6.07, 6.45) is 1.70. The maximum absolute atomic E-state index is 12.7. The minimum atomic E-state index is -0.168. The number of carbonyl (C=O) groups excluding carboxylic acids is 1. The van der Waals surface area contributed by atoms with Gasteiger partial charge in [0.1, 0.15) is 6.23 Å². The van der Waals surface area contributed by atoms with Crippen molar-refractivity contribution in [2.24, 2.45) is 5.92 Å². The predicted octanol–water partition coefficient (Wildman–Crippen LogP) is 2.00. The van der Waals surface area contributed by atoms with Gasteiger partial charge in [0.25, 0.3) is 5.91 Å². The number of nitrogens with zero attached hydrogens (tertiary/aromatic N) is 1. The number of fused-ring (bicyclic) bond motifs is 1. The van der Waals surface area contributed by atoms with Crippen molar-refractivity contribution in [3.05, 3.63) is 34.9 Å². The van der Waals surface area contributed by atoms with Gasteiger partial charge < -0.3 is 14.4 Å². The molecule has 0 radical (unpaired) electrons. The van der Waals surface area contributed by atoms with Crippen molar-refractivity contribution >= 4 is 5.91 Å². The average molecular weight is 275 g/mol. The Morgan fingerprint density at radius 2 is 2.30 bits per heavy atom. The van der Waals surface area contributed by atoms with E-state index < -0.39 is 0 Å². The van der Waals surface area contributed by atoms with Gasteiger partial charge in [-0.15, -0.1) is 0 Å². The van der Waals surface area contributed by atoms with Crippen LogP contribution in [0.4, 0.5) is 0 Å². The zero-order valence-electron chi connectivity index (χ0n) is 12.1. The van der Waals surface area contributed by atoms with Gasteiger partial charge >= 0.3 is 0 Å². The second-order valence-corrected chi connectivity index (χ2v) is 5.60. The minimum Gasteiger partial charge on any atom is -0.381 e. The number of hydrogen-bond donors (Lipinski definition) is 0. The molecule has 1 aromatic rings. The van der Waals surface area contributed by atoms with E-state index in [9.17, 15) is 4.79 Å². The van der Waals surface area contributed by atoms with Crippen LogP contribution in [0.2, 0.25) is 0 Å². The van der Waals surface area contributed by atoms with Crippen molar-refractivity contribution < 1.29 is 14.3 Å². The highest BCUT2D eigenvalue weighted by molar-refractivity contribution is 5.97.